The number of benzene rings is 3. The fourth-order valence-corrected chi connectivity index (χ4v) is 1.92. The third-order valence-electron chi connectivity index (χ3n) is 2.93. The maximum atomic E-state index is 10.3. The first kappa shape index (κ1) is 21.4. The smallest absolute Gasteiger partial charge is 0.335 e. The number of hydrogen-bond donors (Lipinski definition) is 3. The molecule has 6 heteroatoms. The Labute approximate surface area is 161 Å². The molecular formula is C20H18Cl2O4. The average Bonchev–Trinajstić information content (AvgIpc) is 2.59. The quantitative estimate of drug-likeness (QED) is 0.489. The molecule has 0 heterocycles. The van der Waals surface area contributed by atoms with Crippen LogP contribution in [0.15, 0.2) is 72.8 Å². The summed E-state index contributed by atoms with van der Waals surface area (Å²) in [5.41, 5.74) is 1.42. The highest BCUT2D eigenvalue weighted by Crippen LogP contribution is 2.14. The van der Waals surface area contributed by atoms with Gasteiger partial charge in [0.15, 0.2) is 0 Å². The van der Waals surface area contributed by atoms with E-state index >= 15 is 0 Å². The summed E-state index contributed by atoms with van der Waals surface area (Å²) in [6.45, 7) is 1.99. The number of aryl methyl sites for hydroxylation is 1. The summed E-state index contributed by atoms with van der Waals surface area (Å²) >= 11 is 11.0. The monoisotopic (exact) mass is 392 g/mol. The Hall–Kier alpha value is -2.69. The summed E-state index contributed by atoms with van der Waals surface area (Å²) in [6.07, 6.45) is 0. The maximum Gasteiger partial charge on any atom is 0.335 e. The van der Waals surface area contributed by atoms with Crippen LogP contribution in [0.4, 0.5) is 0 Å². The molecule has 4 nitrogen and oxygen atoms in total. The van der Waals surface area contributed by atoms with E-state index in [0.29, 0.717) is 15.8 Å². The van der Waals surface area contributed by atoms with Crippen molar-refractivity contribution >= 4 is 29.2 Å². The Bertz CT molecular complexity index is 778. The average molecular weight is 393 g/mol. The molecule has 0 atom stereocenters. The van der Waals surface area contributed by atoms with Gasteiger partial charge in [-0.25, -0.2) is 4.79 Å². The molecule has 0 unspecified atom stereocenters. The predicted octanol–water partition coefficient (Wildman–Crippen LogP) is 5.78. The van der Waals surface area contributed by atoms with E-state index in [1.807, 2.05) is 19.1 Å². The molecule has 0 aliphatic rings. The number of hydrogen-bond acceptors (Lipinski definition) is 3. The van der Waals surface area contributed by atoms with Crippen LogP contribution in [-0.2, 0) is 0 Å². The Morgan fingerprint density at radius 2 is 1.35 bits per heavy atom. The normalized spacial score (nSPS) is 9.19. The Morgan fingerprint density at radius 3 is 1.73 bits per heavy atom. The number of aromatic carboxylic acids is 1. The molecule has 3 aromatic rings. The lowest BCUT2D eigenvalue weighted by Gasteiger charge is -1.91. The van der Waals surface area contributed by atoms with Crippen molar-refractivity contribution in [1.29, 1.82) is 0 Å². The summed E-state index contributed by atoms with van der Waals surface area (Å²) in [6, 6.07) is 19.6. The van der Waals surface area contributed by atoms with E-state index in [0.717, 1.165) is 0 Å². The van der Waals surface area contributed by atoms with E-state index in [1.54, 1.807) is 42.5 Å². The standard InChI is InChI=1S/C7H5ClO2.C7H8O.C6H5ClO/c8-6-3-1-5(2-4-6)7(9)10;1-6-2-4-7(8)5-3-6;7-5-2-1-3-6(8)4-5/h1-4H,(H,9,10);2-5,8H,1H3;1-4,8H. The molecule has 0 saturated heterocycles. The van der Waals surface area contributed by atoms with Crippen molar-refractivity contribution in [2.45, 2.75) is 6.92 Å². The number of halogens is 2. The van der Waals surface area contributed by atoms with E-state index in [2.05, 4.69) is 0 Å². The van der Waals surface area contributed by atoms with Crippen molar-refractivity contribution in [1.82, 2.24) is 0 Å². The molecule has 0 aliphatic carbocycles. The van der Waals surface area contributed by atoms with Gasteiger partial charge in [0.25, 0.3) is 0 Å². The van der Waals surface area contributed by atoms with Gasteiger partial charge in [-0.15, -0.1) is 0 Å². The zero-order valence-electron chi connectivity index (χ0n) is 13.9. The lowest BCUT2D eigenvalue weighted by Crippen LogP contribution is -1.94. The molecule has 3 N–H and O–H groups in total. The molecule has 0 spiro atoms. The summed E-state index contributed by atoms with van der Waals surface area (Å²) < 4.78 is 0. The predicted molar refractivity (Wildman–Crippen MR) is 104 cm³/mol. The van der Waals surface area contributed by atoms with Crippen molar-refractivity contribution in [3.63, 3.8) is 0 Å². The van der Waals surface area contributed by atoms with Crippen LogP contribution in [0.25, 0.3) is 0 Å². The van der Waals surface area contributed by atoms with Crippen LogP contribution >= 0.6 is 23.2 Å². The van der Waals surface area contributed by atoms with E-state index in [1.165, 1.54) is 23.8 Å². The molecule has 0 aromatic heterocycles. The molecule has 0 radical (unpaired) electrons. The van der Waals surface area contributed by atoms with E-state index in [4.69, 9.17) is 38.5 Å². The molecule has 0 aliphatic heterocycles. The maximum absolute atomic E-state index is 10.3. The molecule has 26 heavy (non-hydrogen) atoms. The third-order valence-corrected chi connectivity index (χ3v) is 3.42. The van der Waals surface area contributed by atoms with Gasteiger partial charge in [-0.1, -0.05) is 47.0 Å². The van der Waals surface area contributed by atoms with Gasteiger partial charge in [0, 0.05) is 10.0 Å². The van der Waals surface area contributed by atoms with Crippen molar-refractivity contribution in [2.24, 2.45) is 0 Å². The van der Waals surface area contributed by atoms with Crippen molar-refractivity contribution in [3.05, 3.63) is 94.0 Å². The van der Waals surface area contributed by atoms with Gasteiger partial charge >= 0.3 is 5.97 Å². The SMILES string of the molecule is Cc1ccc(O)cc1.O=C(O)c1ccc(Cl)cc1.Oc1cccc(Cl)c1. The second-order valence-corrected chi connectivity index (χ2v) is 6.00. The first-order chi connectivity index (χ1) is 12.3. The molecular weight excluding hydrogens is 375 g/mol. The highest BCUT2D eigenvalue weighted by Gasteiger charge is 1.99. The zero-order chi connectivity index (χ0) is 19.5. The van der Waals surface area contributed by atoms with E-state index in [9.17, 15) is 4.79 Å². The van der Waals surface area contributed by atoms with Crippen LogP contribution in [0.2, 0.25) is 10.0 Å². The first-order valence-corrected chi connectivity index (χ1v) is 8.22. The van der Waals surface area contributed by atoms with E-state index in [-0.39, 0.29) is 11.3 Å². The van der Waals surface area contributed by atoms with Crippen molar-refractivity contribution in [2.75, 3.05) is 0 Å². The lowest BCUT2D eigenvalue weighted by atomic mass is 10.2. The van der Waals surface area contributed by atoms with Crippen LogP contribution in [0, 0.1) is 6.92 Å². The fraction of sp³-hybridized carbons (Fsp3) is 0.0500. The van der Waals surface area contributed by atoms with Crippen LogP contribution in [0.3, 0.4) is 0 Å². The highest BCUT2D eigenvalue weighted by atomic mass is 35.5. The van der Waals surface area contributed by atoms with Gasteiger partial charge in [0.05, 0.1) is 5.56 Å². The number of phenols is 2. The van der Waals surface area contributed by atoms with Crippen LogP contribution in [0.1, 0.15) is 15.9 Å². The number of rotatable bonds is 1. The number of phenolic OH excluding ortho intramolecular Hbond substituents is 2. The lowest BCUT2D eigenvalue weighted by molar-refractivity contribution is 0.0697. The van der Waals surface area contributed by atoms with Crippen LogP contribution in [0.5, 0.6) is 11.5 Å². The number of carboxylic acid groups (broad SMARTS) is 1. The second-order valence-electron chi connectivity index (χ2n) is 5.13. The summed E-state index contributed by atoms with van der Waals surface area (Å²) in [5.74, 6) is -0.398. The van der Waals surface area contributed by atoms with Crippen LogP contribution < -0.4 is 0 Å². The summed E-state index contributed by atoms with van der Waals surface area (Å²) in [4.78, 5) is 10.3. The number of aromatic hydroxyl groups is 2. The molecule has 0 saturated carbocycles. The molecule has 3 aromatic carbocycles. The minimum Gasteiger partial charge on any atom is -0.508 e. The molecule has 136 valence electrons. The van der Waals surface area contributed by atoms with Gasteiger partial charge in [0.1, 0.15) is 11.5 Å². The van der Waals surface area contributed by atoms with Gasteiger partial charge in [0.2, 0.25) is 0 Å². The molecule has 0 bridgehead atoms. The highest BCUT2D eigenvalue weighted by molar-refractivity contribution is 6.30. The topological polar surface area (TPSA) is 77.8 Å². The molecule has 0 amide bonds. The molecule has 3 rings (SSSR count). The number of carboxylic acids is 1. The van der Waals surface area contributed by atoms with Gasteiger partial charge in [-0.05, 0) is 61.5 Å². The first-order valence-electron chi connectivity index (χ1n) is 7.47. The van der Waals surface area contributed by atoms with E-state index < -0.39 is 5.97 Å². The van der Waals surface area contributed by atoms with Gasteiger partial charge < -0.3 is 15.3 Å². The van der Waals surface area contributed by atoms with Gasteiger partial charge in [-0.2, -0.15) is 0 Å². The zero-order valence-corrected chi connectivity index (χ0v) is 15.4. The van der Waals surface area contributed by atoms with Crippen molar-refractivity contribution < 1.29 is 20.1 Å². The second kappa shape index (κ2) is 11.0. The largest absolute Gasteiger partial charge is 0.508 e. The Morgan fingerprint density at radius 1 is 0.769 bits per heavy atom. The van der Waals surface area contributed by atoms with Crippen molar-refractivity contribution in [3.8, 4) is 11.5 Å². The third kappa shape index (κ3) is 8.97. The Balaban J connectivity index is 0.000000197. The Kier molecular flexibility index (Phi) is 9.06. The molecule has 0 fully saturated rings. The van der Waals surface area contributed by atoms with Gasteiger partial charge in [-0.3, -0.25) is 0 Å². The number of carbonyl (C=O) groups is 1. The summed E-state index contributed by atoms with van der Waals surface area (Å²) in [5, 5.41) is 27.0. The van der Waals surface area contributed by atoms with Crippen LogP contribution in [-0.4, -0.2) is 21.3 Å². The minimum atomic E-state index is -0.934. The summed E-state index contributed by atoms with van der Waals surface area (Å²) in [7, 11) is 0. The minimum absolute atomic E-state index is 0.206. The fourth-order valence-electron chi connectivity index (χ4n) is 1.61.